The fourth-order valence-electron chi connectivity index (χ4n) is 9.53. The number of para-hydroxylation sites is 3. The van der Waals surface area contributed by atoms with Gasteiger partial charge < -0.3 is 18.9 Å². The highest BCUT2D eigenvalue weighted by atomic mass is 15.2. The minimum absolute atomic E-state index is 0.0197. The summed E-state index contributed by atoms with van der Waals surface area (Å²) in [5.74, 6) is 0. The van der Waals surface area contributed by atoms with Crippen molar-refractivity contribution in [2.75, 3.05) is 9.80 Å². The van der Waals surface area contributed by atoms with Crippen LogP contribution in [0.25, 0.3) is 51.4 Å². The second-order valence-electron chi connectivity index (χ2n) is 15.9. The Labute approximate surface area is 360 Å². The molecule has 1 unspecified atom stereocenters. The van der Waals surface area contributed by atoms with Crippen LogP contribution in [0, 0.1) is 22.7 Å². The van der Waals surface area contributed by atoms with Crippen molar-refractivity contribution in [2.45, 2.75) is 25.3 Å². The van der Waals surface area contributed by atoms with Crippen LogP contribution in [0.2, 0.25) is 0 Å². The number of rotatable bonds is 8. The molecule has 11 rings (SSSR count). The maximum Gasteiger partial charge on any atom is 0.0991 e. The molecule has 6 nitrogen and oxygen atoms in total. The van der Waals surface area contributed by atoms with E-state index in [9.17, 15) is 10.5 Å². The van der Waals surface area contributed by atoms with Crippen molar-refractivity contribution >= 4 is 68.5 Å². The normalized spacial score (nSPS) is 13.9. The lowest BCUT2D eigenvalue weighted by Gasteiger charge is -2.33. The van der Waals surface area contributed by atoms with E-state index in [0.29, 0.717) is 11.1 Å². The van der Waals surface area contributed by atoms with Gasteiger partial charge in [0.2, 0.25) is 0 Å². The van der Waals surface area contributed by atoms with Gasteiger partial charge in [-0.25, -0.2) is 0 Å². The Bertz CT molecular complexity index is 3380. The van der Waals surface area contributed by atoms with Crippen molar-refractivity contribution < 1.29 is 0 Å². The highest BCUT2D eigenvalue weighted by molar-refractivity contribution is 6.10. The lowest BCUT2D eigenvalue weighted by molar-refractivity contribution is 0.822. The largest absolute Gasteiger partial charge is 0.334 e. The summed E-state index contributed by atoms with van der Waals surface area (Å²) < 4.78 is 4.79. The van der Waals surface area contributed by atoms with E-state index in [1.54, 1.807) is 0 Å². The molecule has 0 aliphatic heterocycles. The number of allylic oxidation sites excluding steroid dienone is 1. The molecule has 0 saturated heterocycles. The van der Waals surface area contributed by atoms with Crippen LogP contribution in [0.15, 0.2) is 182 Å². The van der Waals surface area contributed by atoms with Gasteiger partial charge >= 0.3 is 0 Å². The molecule has 7 aromatic carbocycles. The number of aromatic nitrogens is 2. The van der Waals surface area contributed by atoms with E-state index in [1.807, 2.05) is 36.4 Å². The highest BCUT2D eigenvalue weighted by Crippen LogP contribution is 2.41. The average molecular weight is 797 g/mol. The van der Waals surface area contributed by atoms with Crippen molar-refractivity contribution in [3.05, 3.63) is 215 Å². The number of nitrogens with zero attached hydrogens (tertiary/aromatic N) is 6. The first-order valence-corrected chi connectivity index (χ1v) is 21.1. The Morgan fingerprint density at radius 3 is 1.74 bits per heavy atom. The maximum absolute atomic E-state index is 9.71. The summed E-state index contributed by atoms with van der Waals surface area (Å²) in [6.45, 7) is 0. The van der Waals surface area contributed by atoms with E-state index in [2.05, 4.69) is 195 Å². The minimum Gasteiger partial charge on any atom is -0.334 e. The van der Waals surface area contributed by atoms with E-state index >= 15 is 0 Å². The van der Waals surface area contributed by atoms with Crippen molar-refractivity contribution in [3.8, 4) is 23.5 Å². The molecule has 0 radical (unpaired) electrons. The number of hydrogen-bond acceptors (Lipinski definition) is 4. The third-order valence-corrected chi connectivity index (χ3v) is 12.3. The molecule has 2 aromatic heterocycles. The molecule has 2 aliphatic rings. The zero-order valence-electron chi connectivity index (χ0n) is 33.9. The topological polar surface area (TPSA) is 63.9 Å². The Balaban J connectivity index is 1.04. The van der Waals surface area contributed by atoms with Gasteiger partial charge in [0.1, 0.15) is 0 Å². The second-order valence-corrected chi connectivity index (χ2v) is 15.9. The summed E-state index contributed by atoms with van der Waals surface area (Å²) in [6, 6.07) is 65.6. The summed E-state index contributed by atoms with van der Waals surface area (Å²) in [5.41, 5.74) is 13.5. The van der Waals surface area contributed by atoms with Gasteiger partial charge in [-0.1, -0.05) is 78.9 Å². The molecular formula is C56H40N6. The Morgan fingerprint density at radius 2 is 1.08 bits per heavy atom. The fraction of sp³-hybridized carbons (Fsp3) is 0.0714. The number of anilines is 5. The molecule has 0 N–H and O–H groups in total. The highest BCUT2D eigenvalue weighted by Gasteiger charge is 2.25. The monoisotopic (exact) mass is 796 g/mol. The Kier molecular flexibility index (Phi) is 9.11. The number of benzene rings is 7. The van der Waals surface area contributed by atoms with E-state index in [4.69, 9.17) is 0 Å². The van der Waals surface area contributed by atoms with Crippen LogP contribution in [0.1, 0.15) is 35.2 Å². The minimum atomic E-state index is 0.0197. The van der Waals surface area contributed by atoms with Crippen LogP contribution in [-0.4, -0.2) is 15.2 Å². The van der Waals surface area contributed by atoms with Gasteiger partial charge in [0, 0.05) is 72.4 Å². The summed E-state index contributed by atoms with van der Waals surface area (Å²) in [7, 11) is 0. The maximum atomic E-state index is 9.71. The van der Waals surface area contributed by atoms with Gasteiger partial charge in [-0.05, 0) is 141 Å². The number of fused-ring (bicyclic) bond motifs is 6. The van der Waals surface area contributed by atoms with E-state index in [0.717, 1.165) is 69.8 Å². The molecule has 2 heterocycles. The van der Waals surface area contributed by atoms with Crippen molar-refractivity contribution in [2.24, 2.45) is 0 Å². The third-order valence-electron chi connectivity index (χ3n) is 12.3. The van der Waals surface area contributed by atoms with Crippen LogP contribution in [0.5, 0.6) is 0 Å². The summed E-state index contributed by atoms with van der Waals surface area (Å²) in [4.78, 5) is 4.67. The van der Waals surface area contributed by atoms with Crippen LogP contribution < -0.4 is 20.4 Å². The lowest BCUT2D eigenvalue weighted by atomic mass is 9.98. The second kappa shape index (κ2) is 15.4. The Hall–Kier alpha value is -8.32. The molecule has 294 valence electrons. The molecule has 2 aliphatic carbocycles. The van der Waals surface area contributed by atoms with Gasteiger partial charge in [0.15, 0.2) is 0 Å². The predicted molar refractivity (Wildman–Crippen MR) is 253 cm³/mol. The SMILES string of the molecule is N#Cc1ccc(N(c2ccc(N(c3ccc(C#N)cc3)C3C=c4c5c(n(-c6ccccc6)c4=CC3)CCC=C5)cc2)c2ccc3c(c2)c2ccccc2n3-c2ccccc2)cc1. The molecule has 62 heavy (non-hydrogen) atoms. The zero-order chi connectivity index (χ0) is 41.6. The predicted octanol–water partition coefficient (Wildman–Crippen LogP) is 11.9. The summed E-state index contributed by atoms with van der Waals surface area (Å²) >= 11 is 0. The van der Waals surface area contributed by atoms with Crippen molar-refractivity contribution in [1.82, 2.24) is 9.13 Å². The molecule has 0 saturated carbocycles. The van der Waals surface area contributed by atoms with Gasteiger partial charge in [-0.3, -0.25) is 0 Å². The quantitative estimate of drug-likeness (QED) is 0.154. The third kappa shape index (κ3) is 6.25. The number of hydrogen-bond donors (Lipinski definition) is 0. The van der Waals surface area contributed by atoms with Crippen LogP contribution >= 0.6 is 0 Å². The van der Waals surface area contributed by atoms with Gasteiger partial charge in [-0.15, -0.1) is 0 Å². The summed E-state index contributed by atoms with van der Waals surface area (Å²) in [5, 5.41) is 24.3. The van der Waals surface area contributed by atoms with Crippen molar-refractivity contribution in [3.63, 3.8) is 0 Å². The van der Waals surface area contributed by atoms with E-state index < -0.39 is 0 Å². The van der Waals surface area contributed by atoms with Crippen LogP contribution in [-0.2, 0) is 6.42 Å². The van der Waals surface area contributed by atoms with Crippen LogP contribution in [0.3, 0.4) is 0 Å². The molecule has 0 fully saturated rings. The average Bonchev–Trinajstić information content (AvgIpc) is 3.85. The molecule has 0 spiro atoms. The first kappa shape index (κ1) is 36.7. The summed E-state index contributed by atoms with van der Waals surface area (Å²) in [6.07, 6.45) is 12.3. The molecule has 6 heteroatoms. The molecule has 9 aromatic rings. The first-order valence-electron chi connectivity index (χ1n) is 21.1. The standard InChI is InChI=1S/C56H40N6/c57-37-39-19-23-43(24-20-39)59(47-31-33-55-51(35-47)49-15-7-9-17-53(49)61(55)41-11-3-1-4-12-41)45-27-29-46(30-28-45)60(44-25-21-40(38-58)22-26-44)48-32-34-56-52(36-48)50-16-8-10-18-54(50)62(56)42-13-5-2-6-14-42/h1-9,11-17,19-31,33-36,48H,10,18,32H2. The molecule has 1 atom stereocenters. The van der Waals surface area contributed by atoms with E-state index in [1.165, 1.54) is 32.9 Å². The molecular weight excluding hydrogens is 757 g/mol. The molecule has 0 bridgehead atoms. The fourth-order valence-corrected chi connectivity index (χ4v) is 9.53. The smallest absolute Gasteiger partial charge is 0.0991 e. The van der Waals surface area contributed by atoms with Gasteiger partial charge in [-0.2, -0.15) is 10.5 Å². The van der Waals surface area contributed by atoms with Gasteiger partial charge in [0.05, 0.1) is 40.3 Å². The first-order chi connectivity index (χ1) is 30.7. The van der Waals surface area contributed by atoms with Gasteiger partial charge in [0.25, 0.3) is 0 Å². The lowest BCUT2D eigenvalue weighted by Crippen LogP contribution is -2.39. The Morgan fingerprint density at radius 1 is 0.532 bits per heavy atom. The van der Waals surface area contributed by atoms with Crippen molar-refractivity contribution in [1.29, 1.82) is 10.5 Å². The molecule has 0 amide bonds. The zero-order valence-corrected chi connectivity index (χ0v) is 33.9. The van der Waals surface area contributed by atoms with E-state index in [-0.39, 0.29) is 6.04 Å². The number of nitriles is 2. The van der Waals surface area contributed by atoms with Crippen LogP contribution in [0.4, 0.5) is 28.4 Å².